The van der Waals surface area contributed by atoms with Crippen LogP contribution in [-0.4, -0.2) is 29.4 Å². The standard InChI is InChI=1S/C11H17N3O2/c1-14-10(8-5-3-4-6-12-8)7-9(13-14)11(15)16-2/h7-8,12H,3-6H2,1-2H3. The minimum atomic E-state index is -0.377. The molecule has 1 aromatic heterocycles. The zero-order chi connectivity index (χ0) is 11.5. The summed E-state index contributed by atoms with van der Waals surface area (Å²) in [6.45, 7) is 1.03. The summed E-state index contributed by atoms with van der Waals surface area (Å²) in [6, 6.07) is 2.12. The van der Waals surface area contributed by atoms with Crippen molar-refractivity contribution in [3.05, 3.63) is 17.5 Å². The molecule has 0 amide bonds. The van der Waals surface area contributed by atoms with Gasteiger partial charge in [0, 0.05) is 13.1 Å². The first-order valence-corrected chi connectivity index (χ1v) is 5.58. The average molecular weight is 223 g/mol. The monoisotopic (exact) mass is 223 g/mol. The molecule has 0 spiro atoms. The number of esters is 1. The van der Waals surface area contributed by atoms with E-state index in [0.29, 0.717) is 11.7 Å². The first-order valence-electron chi connectivity index (χ1n) is 5.58. The molecule has 0 bridgehead atoms. The van der Waals surface area contributed by atoms with Gasteiger partial charge in [0.25, 0.3) is 0 Å². The van der Waals surface area contributed by atoms with Gasteiger partial charge in [0.1, 0.15) is 0 Å². The maximum atomic E-state index is 11.3. The summed E-state index contributed by atoms with van der Waals surface area (Å²) in [7, 11) is 3.23. The lowest BCUT2D eigenvalue weighted by Crippen LogP contribution is -2.28. The van der Waals surface area contributed by atoms with E-state index in [9.17, 15) is 4.79 Å². The van der Waals surface area contributed by atoms with Crippen LogP contribution in [0.1, 0.15) is 41.5 Å². The molecule has 5 nitrogen and oxygen atoms in total. The van der Waals surface area contributed by atoms with Gasteiger partial charge in [-0.2, -0.15) is 5.10 Å². The Morgan fingerprint density at radius 2 is 2.44 bits per heavy atom. The summed E-state index contributed by atoms with van der Waals surface area (Å²) in [6.07, 6.45) is 3.54. The van der Waals surface area contributed by atoms with Gasteiger partial charge in [0.15, 0.2) is 5.69 Å². The van der Waals surface area contributed by atoms with E-state index in [1.165, 1.54) is 20.0 Å². The second-order valence-corrected chi connectivity index (χ2v) is 4.07. The Balaban J connectivity index is 2.20. The highest BCUT2D eigenvalue weighted by Crippen LogP contribution is 2.23. The van der Waals surface area contributed by atoms with E-state index in [-0.39, 0.29) is 5.97 Å². The second-order valence-electron chi connectivity index (χ2n) is 4.07. The Morgan fingerprint density at radius 1 is 1.62 bits per heavy atom. The minimum Gasteiger partial charge on any atom is -0.464 e. The number of methoxy groups -OCH3 is 1. The highest BCUT2D eigenvalue weighted by molar-refractivity contribution is 5.87. The maximum absolute atomic E-state index is 11.3. The summed E-state index contributed by atoms with van der Waals surface area (Å²) >= 11 is 0. The van der Waals surface area contributed by atoms with Crippen LogP contribution in [0, 0.1) is 0 Å². The molecule has 1 fully saturated rings. The third kappa shape index (κ3) is 2.09. The molecule has 1 saturated heterocycles. The van der Waals surface area contributed by atoms with Gasteiger partial charge < -0.3 is 10.1 Å². The number of hydrogen-bond acceptors (Lipinski definition) is 4. The fourth-order valence-electron chi connectivity index (χ4n) is 2.12. The largest absolute Gasteiger partial charge is 0.464 e. The lowest BCUT2D eigenvalue weighted by molar-refractivity contribution is 0.0593. The molecule has 1 atom stereocenters. The molecular formula is C11H17N3O2. The fraction of sp³-hybridized carbons (Fsp3) is 0.636. The molecule has 1 aliphatic rings. The minimum absolute atomic E-state index is 0.310. The van der Waals surface area contributed by atoms with Crippen molar-refractivity contribution in [3.63, 3.8) is 0 Å². The third-order valence-corrected chi connectivity index (χ3v) is 2.98. The van der Waals surface area contributed by atoms with Gasteiger partial charge in [-0.15, -0.1) is 0 Å². The molecule has 1 unspecified atom stereocenters. The van der Waals surface area contributed by atoms with Crippen LogP contribution in [0.3, 0.4) is 0 Å². The Labute approximate surface area is 94.8 Å². The van der Waals surface area contributed by atoms with Gasteiger partial charge in [-0.25, -0.2) is 4.79 Å². The summed E-state index contributed by atoms with van der Waals surface area (Å²) in [5.74, 6) is -0.377. The smallest absolute Gasteiger partial charge is 0.358 e. The number of aryl methyl sites for hydroxylation is 1. The Kier molecular flexibility index (Phi) is 3.24. The topological polar surface area (TPSA) is 56.1 Å². The Hall–Kier alpha value is -1.36. The normalized spacial score (nSPS) is 20.8. The van der Waals surface area contributed by atoms with Gasteiger partial charge in [-0.3, -0.25) is 4.68 Å². The Morgan fingerprint density at radius 3 is 3.06 bits per heavy atom. The second kappa shape index (κ2) is 4.65. The number of carbonyl (C=O) groups is 1. The van der Waals surface area contributed by atoms with E-state index < -0.39 is 0 Å². The molecule has 16 heavy (non-hydrogen) atoms. The molecule has 0 radical (unpaired) electrons. The summed E-state index contributed by atoms with van der Waals surface area (Å²) in [5.41, 5.74) is 1.44. The molecule has 1 aromatic rings. The van der Waals surface area contributed by atoms with Crippen molar-refractivity contribution in [3.8, 4) is 0 Å². The van der Waals surface area contributed by atoms with Crippen LogP contribution >= 0.6 is 0 Å². The molecule has 0 aromatic carbocycles. The van der Waals surface area contributed by atoms with Crippen LogP contribution in [-0.2, 0) is 11.8 Å². The van der Waals surface area contributed by atoms with Crippen LogP contribution in [0.15, 0.2) is 6.07 Å². The molecule has 2 rings (SSSR count). The predicted octanol–water partition coefficient (Wildman–Crippen LogP) is 1.02. The van der Waals surface area contributed by atoms with Gasteiger partial charge in [-0.05, 0) is 25.5 Å². The fourth-order valence-corrected chi connectivity index (χ4v) is 2.12. The third-order valence-electron chi connectivity index (χ3n) is 2.98. The molecule has 0 aliphatic carbocycles. The molecule has 1 aliphatic heterocycles. The number of hydrogen-bond donors (Lipinski definition) is 1. The first kappa shape index (κ1) is 11.1. The van der Waals surface area contributed by atoms with Crippen molar-refractivity contribution in [2.45, 2.75) is 25.3 Å². The van der Waals surface area contributed by atoms with E-state index >= 15 is 0 Å². The van der Waals surface area contributed by atoms with Crippen LogP contribution < -0.4 is 5.32 Å². The van der Waals surface area contributed by atoms with Crippen LogP contribution in [0.25, 0.3) is 0 Å². The predicted molar refractivity (Wildman–Crippen MR) is 59.1 cm³/mol. The molecule has 88 valence electrons. The maximum Gasteiger partial charge on any atom is 0.358 e. The van der Waals surface area contributed by atoms with Crippen molar-refractivity contribution in [1.29, 1.82) is 0 Å². The van der Waals surface area contributed by atoms with E-state index in [1.807, 2.05) is 13.1 Å². The van der Waals surface area contributed by atoms with Gasteiger partial charge in [0.2, 0.25) is 0 Å². The Bertz CT molecular complexity index is 381. The average Bonchev–Trinajstić information content (AvgIpc) is 2.71. The van der Waals surface area contributed by atoms with Gasteiger partial charge in [0.05, 0.1) is 12.8 Å². The number of nitrogens with one attached hydrogen (secondary N) is 1. The lowest BCUT2D eigenvalue weighted by atomic mass is 10.0. The summed E-state index contributed by atoms with van der Waals surface area (Å²) in [5, 5.41) is 7.59. The summed E-state index contributed by atoms with van der Waals surface area (Å²) < 4.78 is 6.42. The summed E-state index contributed by atoms with van der Waals surface area (Å²) in [4.78, 5) is 11.3. The van der Waals surface area contributed by atoms with Crippen molar-refractivity contribution < 1.29 is 9.53 Å². The number of rotatable bonds is 2. The number of carbonyl (C=O) groups excluding carboxylic acids is 1. The molecule has 5 heteroatoms. The first-order chi connectivity index (χ1) is 7.72. The van der Waals surface area contributed by atoms with Crippen molar-refractivity contribution in [2.75, 3.05) is 13.7 Å². The number of piperidine rings is 1. The molecule has 0 saturated carbocycles. The van der Waals surface area contributed by atoms with Gasteiger partial charge >= 0.3 is 5.97 Å². The van der Waals surface area contributed by atoms with Crippen molar-refractivity contribution >= 4 is 5.97 Å². The number of aromatic nitrogens is 2. The van der Waals surface area contributed by atoms with E-state index in [0.717, 1.165) is 18.7 Å². The van der Waals surface area contributed by atoms with E-state index in [2.05, 4.69) is 15.2 Å². The lowest BCUT2D eigenvalue weighted by Gasteiger charge is -2.23. The van der Waals surface area contributed by atoms with Crippen LogP contribution in [0.5, 0.6) is 0 Å². The quantitative estimate of drug-likeness (QED) is 0.761. The molecule has 2 heterocycles. The van der Waals surface area contributed by atoms with E-state index in [1.54, 1.807) is 4.68 Å². The van der Waals surface area contributed by atoms with Crippen LogP contribution in [0.4, 0.5) is 0 Å². The van der Waals surface area contributed by atoms with Crippen molar-refractivity contribution in [2.24, 2.45) is 7.05 Å². The highest BCUT2D eigenvalue weighted by Gasteiger charge is 2.21. The number of nitrogens with zero attached hydrogens (tertiary/aromatic N) is 2. The van der Waals surface area contributed by atoms with Gasteiger partial charge in [-0.1, -0.05) is 6.42 Å². The SMILES string of the molecule is COC(=O)c1cc(C2CCCCN2)n(C)n1. The molecule has 1 N–H and O–H groups in total. The highest BCUT2D eigenvalue weighted by atomic mass is 16.5. The zero-order valence-corrected chi connectivity index (χ0v) is 9.69. The van der Waals surface area contributed by atoms with E-state index in [4.69, 9.17) is 0 Å². The van der Waals surface area contributed by atoms with Crippen molar-refractivity contribution in [1.82, 2.24) is 15.1 Å². The molecular weight excluding hydrogens is 206 g/mol. The number of ether oxygens (including phenoxy) is 1. The zero-order valence-electron chi connectivity index (χ0n) is 9.69. The van der Waals surface area contributed by atoms with Crippen LogP contribution in [0.2, 0.25) is 0 Å².